The number of nitrogens with one attached hydrogen (secondary N) is 2. The summed E-state index contributed by atoms with van der Waals surface area (Å²) >= 11 is 0. The summed E-state index contributed by atoms with van der Waals surface area (Å²) < 4.78 is 0. The Hall–Kier alpha value is -1.49. The Labute approximate surface area is 107 Å². The van der Waals surface area contributed by atoms with E-state index < -0.39 is 0 Å². The van der Waals surface area contributed by atoms with Crippen molar-refractivity contribution < 1.29 is 4.79 Å². The monoisotopic (exact) mass is 248 g/mol. The Balaban J connectivity index is 1.73. The summed E-state index contributed by atoms with van der Waals surface area (Å²) in [6.45, 7) is 2.21. The largest absolute Gasteiger partial charge is 0.308 e. The molecule has 1 saturated carbocycles. The lowest BCUT2D eigenvalue weighted by atomic mass is 9.95. The molecule has 1 aliphatic rings. The SMILES string of the molecule is Cc1cnc(NC(=O)CNC2CCCCC2)cn1. The second-order valence-corrected chi connectivity index (χ2v) is 4.81. The summed E-state index contributed by atoms with van der Waals surface area (Å²) in [6, 6.07) is 0.494. The van der Waals surface area contributed by atoms with Gasteiger partial charge >= 0.3 is 0 Å². The number of carbonyl (C=O) groups is 1. The number of rotatable bonds is 4. The first-order chi connectivity index (χ1) is 8.74. The lowest BCUT2D eigenvalue weighted by Gasteiger charge is -2.22. The van der Waals surface area contributed by atoms with Crippen LogP contribution in [0.25, 0.3) is 0 Å². The Morgan fingerprint density at radius 1 is 1.28 bits per heavy atom. The number of aromatic nitrogens is 2. The van der Waals surface area contributed by atoms with Crippen molar-refractivity contribution in [3.8, 4) is 0 Å². The van der Waals surface area contributed by atoms with Crippen LogP contribution in [0, 0.1) is 6.92 Å². The quantitative estimate of drug-likeness (QED) is 0.850. The summed E-state index contributed by atoms with van der Waals surface area (Å²) in [6.07, 6.45) is 9.43. The minimum atomic E-state index is -0.0567. The van der Waals surface area contributed by atoms with Gasteiger partial charge in [-0.2, -0.15) is 0 Å². The molecule has 1 aromatic rings. The van der Waals surface area contributed by atoms with E-state index in [9.17, 15) is 4.79 Å². The number of hydrogen-bond acceptors (Lipinski definition) is 4. The molecule has 5 heteroatoms. The maximum atomic E-state index is 11.7. The smallest absolute Gasteiger partial charge is 0.239 e. The highest BCUT2D eigenvalue weighted by Crippen LogP contribution is 2.17. The topological polar surface area (TPSA) is 66.9 Å². The Morgan fingerprint density at radius 3 is 2.72 bits per heavy atom. The molecule has 0 radical (unpaired) electrons. The molecule has 0 unspecified atom stereocenters. The average Bonchev–Trinajstić information content (AvgIpc) is 2.40. The number of anilines is 1. The van der Waals surface area contributed by atoms with Crippen molar-refractivity contribution in [1.29, 1.82) is 0 Å². The number of carbonyl (C=O) groups excluding carboxylic acids is 1. The predicted octanol–water partition coefficient (Wildman–Crippen LogP) is 1.65. The highest BCUT2D eigenvalue weighted by molar-refractivity contribution is 5.91. The van der Waals surface area contributed by atoms with Gasteiger partial charge in [0, 0.05) is 6.04 Å². The van der Waals surface area contributed by atoms with Gasteiger partial charge in [-0.3, -0.25) is 9.78 Å². The fourth-order valence-electron chi connectivity index (χ4n) is 2.19. The predicted molar refractivity (Wildman–Crippen MR) is 70.3 cm³/mol. The fraction of sp³-hybridized carbons (Fsp3) is 0.615. The summed E-state index contributed by atoms with van der Waals surface area (Å²) in [4.78, 5) is 19.9. The van der Waals surface area contributed by atoms with Gasteiger partial charge in [0.2, 0.25) is 5.91 Å². The third-order valence-corrected chi connectivity index (χ3v) is 3.20. The van der Waals surface area contributed by atoms with Crippen molar-refractivity contribution >= 4 is 11.7 Å². The normalized spacial score (nSPS) is 16.5. The molecule has 0 aromatic carbocycles. The highest BCUT2D eigenvalue weighted by Gasteiger charge is 2.13. The van der Waals surface area contributed by atoms with Gasteiger partial charge in [-0.15, -0.1) is 0 Å². The summed E-state index contributed by atoms with van der Waals surface area (Å²) in [5.41, 5.74) is 0.841. The Morgan fingerprint density at radius 2 is 2.06 bits per heavy atom. The van der Waals surface area contributed by atoms with Gasteiger partial charge in [-0.1, -0.05) is 19.3 Å². The molecule has 1 aromatic heterocycles. The first-order valence-corrected chi connectivity index (χ1v) is 6.56. The molecule has 5 nitrogen and oxygen atoms in total. The zero-order valence-corrected chi connectivity index (χ0v) is 10.8. The zero-order chi connectivity index (χ0) is 12.8. The van der Waals surface area contributed by atoms with Crippen molar-refractivity contribution in [2.45, 2.75) is 45.1 Å². The number of nitrogens with zero attached hydrogens (tertiary/aromatic N) is 2. The molecule has 0 spiro atoms. The van der Waals surface area contributed by atoms with Crippen LogP contribution < -0.4 is 10.6 Å². The van der Waals surface area contributed by atoms with Crippen molar-refractivity contribution in [2.75, 3.05) is 11.9 Å². The third kappa shape index (κ3) is 4.07. The van der Waals surface area contributed by atoms with Crippen molar-refractivity contribution in [3.63, 3.8) is 0 Å². The summed E-state index contributed by atoms with van der Waals surface area (Å²) in [5, 5.41) is 6.03. The van der Waals surface area contributed by atoms with Crippen molar-refractivity contribution in [3.05, 3.63) is 18.1 Å². The van der Waals surface area contributed by atoms with Gasteiger partial charge in [0.1, 0.15) is 0 Å². The van der Waals surface area contributed by atoms with Crippen molar-refractivity contribution in [1.82, 2.24) is 15.3 Å². The first-order valence-electron chi connectivity index (χ1n) is 6.56. The van der Waals surface area contributed by atoms with Crippen LogP contribution in [0.4, 0.5) is 5.82 Å². The standard InChI is InChI=1S/C13H20N4O/c1-10-7-16-12(8-14-10)17-13(18)9-15-11-5-3-2-4-6-11/h7-8,11,15H,2-6,9H2,1H3,(H,16,17,18). The van der Waals surface area contributed by atoms with E-state index in [1.807, 2.05) is 6.92 Å². The molecule has 0 saturated heterocycles. The van der Waals surface area contributed by atoms with Crippen LogP contribution in [0.15, 0.2) is 12.4 Å². The molecule has 0 aliphatic heterocycles. The van der Waals surface area contributed by atoms with Crippen LogP contribution in [0.3, 0.4) is 0 Å². The fourth-order valence-corrected chi connectivity index (χ4v) is 2.19. The van der Waals surface area contributed by atoms with Gasteiger partial charge in [0.25, 0.3) is 0 Å². The molecule has 1 heterocycles. The van der Waals surface area contributed by atoms with Gasteiger partial charge in [-0.05, 0) is 19.8 Å². The molecule has 0 bridgehead atoms. The Kier molecular flexibility index (Phi) is 4.64. The van der Waals surface area contributed by atoms with Crippen LogP contribution in [-0.2, 0) is 4.79 Å². The van der Waals surface area contributed by atoms with Gasteiger partial charge < -0.3 is 10.6 Å². The van der Waals surface area contributed by atoms with Crippen LogP contribution in [0.1, 0.15) is 37.8 Å². The molecular weight excluding hydrogens is 228 g/mol. The van der Waals surface area contributed by atoms with Crippen LogP contribution >= 0.6 is 0 Å². The second kappa shape index (κ2) is 6.44. The van der Waals surface area contributed by atoms with E-state index in [1.54, 1.807) is 12.4 Å². The summed E-state index contributed by atoms with van der Waals surface area (Å²) in [5.74, 6) is 0.453. The van der Waals surface area contributed by atoms with E-state index in [1.165, 1.54) is 32.1 Å². The van der Waals surface area contributed by atoms with E-state index in [-0.39, 0.29) is 5.91 Å². The van der Waals surface area contributed by atoms with Crippen molar-refractivity contribution in [2.24, 2.45) is 0 Å². The van der Waals surface area contributed by atoms with Gasteiger partial charge in [0.05, 0.1) is 24.6 Å². The van der Waals surface area contributed by atoms with Crippen LogP contribution in [-0.4, -0.2) is 28.5 Å². The van der Waals surface area contributed by atoms with Crippen LogP contribution in [0.5, 0.6) is 0 Å². The molecule has 1 aliphatic carbocycles. The maximum absolute atomic E-state index is 11.7. The van der Waals surface area contributed by atoms with Crippen LogP contribution in [0.2, 0.25) is 0 Å². The van der Waals surface area contributed by atoms with E-state index in [4.69, 9.17) is 0 Å². The molecule has 18 heavy (non-hydrogen) atoms. The lowest BCUT2D eigenvalue weighted by Crippen LogP contribution is -2.37. The lowest BCUT2D eigenvalue weighted by molar-refractivity contribution is -0.115. The maximum Gasteiger partial charge on any atom is 0.239 e. The third-order valence-electron chi connectivity index (χ3n) is 3.20. The number of aryl methyl sites for hydroxylation is 1. The van der Waals surface area contributed by atoms with E-state index in [0.29, 0.717) is 18.4 Å². The molecule has 2 N–H and O–H groups in total. The average molecular weight is 248 g/mol. The molecule has 0 atom stereocenters. The Bertz CT molecular complexity index is 384. The van der Waals surface area contributed by atoms with Gasteiger partial charge in [-0.25, -0.2) is 4.98 Å². The van der Waals surface area contributed by atoms with E-state index in [2.05, 4.69) is 20.6 Å². The molecule has 2 rings (SSSR count). The molecule has 98 valence electrons. The minimum Gasteiger partial charge on any atom is -0.308 e. The van der Waals surface area contributed by atoms with E-state index in [0.717, 1.165) is 5.69 Å². The zero-order valence-electron chi connectivity index (χ0n) is 10.8. The molecular formula is C13H20N4O. The highest BCUT2D eigenvalue weighted by atomic mass is 16.2. The first kappa shape index (κ1) is 13.0. The second-order valence-electron chi connectivity index (χ2n) is 4.81. The van der Waals surface area contributed by atoms with E-state index >= 15 is 0 Å². The number of hydrogen-bond donors (Lipinski definition) is 2. The minimum absolute atomic E-state index is 0.0567. The molecule has 1 fully saturated rings. The van der Waals surface area contributed by atoms with Gasteiger partial charge in [0.15, 0.2) is 5.82 Å². The summed E-state index contributed by atoms with van der Waals surface area (Å²) in [7, 11) is 0. The number of amides is 1. The molecule has 1 amide bonds.